The van der Waals surface area contributed by atoms with E-state index in [-0.39, 0.29) is 18.1 Å². The summed E-state index contributed by atoms with van der Waals surface area (Å²) in [5.74, 6) is 1.90. The lowest BCUT2D eigenvalue weighted by molar-refractivity contribution is 0.171. The molecule has 2 bridgehead atoms. The quantitative estimate of drug-likeness (QED) is 0.943. The summed E-state index contributed by atoms with van der Waals surface area (Å²) in [5, 5.41) is 11.9. The van der Waals surface area contributed by atoms with E-state index in [1.807, 2.05) is 18.2 Å². The third-order valence-electron chi connectivity index (χ3n) is 5.05. The molecule has 2 aliphatic rings. The highest BCUT2D eigenvalue weighted by Gasteiger charge is 2.41. The molecule has 2 aliphatic heterocycles. The first-order valence-corrected chi connectivity index (χ1v) is 8.81. The Morgan fingerprint density at radius 1 is 1.21 bits per heavy atom. The van der Waals surface area contributed by atoms with Gasteiger partial charge in [-0.1, -0.05) is 37.3 Å². The average molecular weight is 325 g/mol. The van der Waals surface area contributed by atoms with Gasteiger partial charge in [0, 0.05) is 31.1 Å². The summed E-state index contributed by atoms with van der Waals surface area (Å²) in [4.78, 5) is 14.6. The number of rotatable bonds is 3. The van der Waals surface area contributed by atoms with Crippen molar-refractivity contribution in [1.29, 1.82) is 0 Å². The molecule has 0 aliphatic carbocycles. The average Bonchev–Trinajstić information content (AvgIpc) is 3.13. The smallest absolute Gasteiger partial charge is 0.317 e. The van der Waals surface area contributed by atoms with E-state index < -0.39 is 0 Å². The van der Waals surface area contributed by atoms with Gasteiger partial charge in [-0.15, -0.1) is 10.2 Å². The zero-order chi connectivity index (χ0) is 16.5. The van der Waals surface area contributed by atoms with Gasteiger partial charge < -0.3 is 14.8 Å². The van der Waals surface area contributed by atoms with Crippen molar-refractivity contribution in [3.05, 3.63) is 36.2 Å². The van der Waals surface area contributed by atoms with Crippen LogP contribution in [0, 0.1) is 0 Å². The third kappa shape index (κ3) is 2.56. The number of amides is 2. The molecule has 0 saturated carbocycles. The molecule has 6 nitrogen and oxygen atoms in total. The highest BCUT2D eigenvalue weighted by Crippen LogP contribution is 2.33. The van der Waals surface area contributed by atoms with Gasteiger partial charge in [-0.3, -0.25) is 0 Å². The van der Waals surface area contributed by atoms with Gasteiger partial charge in [0.2, 0.25) is 0 Å². The molecule has 6 heteroatoms. The van der Waals surface area contributed by atoms with Gasteiger partial charge in [0.15, 0.2) is 5.82 Å². The minimum Gasteiger partial charge on any atom is -0.338 e. The van der Waals surface area contributed by atoms with Gasteiger partial charge in [0.1, 0.15) is 5.82 Å². The van der Waals surface area contributed by atoms with E-state index >= 15 is 0 Å². The van der Waals surface area contributed by atoms with Crippen LogP contribution in [0.4, 0.5) is 4.79 Å². The van der Waals surface area contributed by atoms with Crippen LogP contribution in [-0.4, -0.2) is 44.3 Å². The summed E-state index contributed by atoms with van der Waals surface area (Å²) in [6.07, 6.45) is 3.85. The topological polar surface area (TPSA) is 63.1 Å². The minimum atomic E-state index is 0.0734. The number of hydrogen-bond acceptors (Lipinski definition) is 3. The number of benzene rings is 1. The molecule has 1 N–H and O–H groups in total. The summed E-state index contributed by atoms with van der Waals surface area (Å²) >= 11 is 0. The van der Waals surface area contributed by atoms with E-state index in [0.717, 1.165) is 56.0 Å². The Morgan fingerprint density at radius 3 is 2.79 bits per heavy atom. The van der Waals surface area contributed by atoms with Gasteiger partial charge in [-0.25, -0.2) is 4.79 Å². The van der Waals surface area contributed by atoms with Crippen LogP contribution >= 0.6 is 0 Å². The van der Waals surface area contributed by atoms with Gasteiger partial charge >= 0.3 is 6.03 Å². The molecule has 4 rings (SSSR count). The highest BCUT2D eigenvalue weighted by molar-refractivity contribution is 5.75. The van der Waals surface area contributed by atoms with Crippen molar-refractivity contribution in [1.82, 2.24) is 25.0 Å². The maximum Gasteiger partial charge on any atom is 0.317 e. The van der Waals surface area contributed by atoms with E-state index in [2.05, 4.69) is 44.0 Å². The molecule has 0 spiro atoms. The van der Waals surface area contributed by atoms with Crippen LogP contribution in [0.1, 0.15) is 32.0 Å². The highest BCUT2D eigenvalue weighted by atomic mass is 16.2. The Bertz CT molecular complexity index is 726. The molecule has 2 atom stereocenters. The van der Waals surface area contributed by atoms with Crippen molar-refractivity contribution in [3.8, 4) is 11.4 Å². The SMILES string of the molecule is CCCNC(=O)N1C2CCC1Cn1c(nnc1-c1ccccc1)C2. The summed E-state index contributed by atoms with van der Waals surface area (Å²) in [6, 6.07) is 10.7. The normalized spacial score (nSPS) is 22.1. The Balaban J connectivity index is 1.63. The van der Waals surface area contributed by atoms with E-state index in [1.54, 1.807) is 0 Å². The third-order valence-corrected chi connectivity index (χ3v) is 5.05. The van der Waals surface area contributed by atoms with Crippen molar-refractivity contribution in [2.45, 2.75) is 51.2 Å². The van der Waals surface area contributed by atoms with Gasteiger partial charge in [0.25, 0.3) is 0 Å². The van der Waals surface area contributed by atoms with Crippen molar-refractivity contribution >= 4 is 6.03 Å². The molecule has 2 aromatic rings. The van der Waals surface area contributed by atoms with Crippen LogP contribution in [0.2, 0.25) is 0 Å². The molecular weight excluding hydrogens is 302 g/mol. The molecule has 1 fully saturated rings. The predicted molar refractivity (Wildman–Crippen MR) is 91.5 cm³/mol. The second kappa shape index (κ2) is 6.26. The zero-order valence-electron chi connectivity index (χ0n) is 14.0. The lowest BCUT2D eigenvalue weighted by atomic mass is 10.1. The number of carbonyl (C=O) groups is 1. The summed E-state index contributed by atoms with van der Waals surface area (Å²) in [6.45, 7) is 3.59. The zero-order valence-corrected chi connectivity index (χ0v) is 14.0. The molecule has 1 saturated heterocycles. The first-order valence-electron chi connectivity index (χ1n) is 8.81. The fraction of sp³-hybridized carbons (Fsp3) is 0.500. The Morgan fingerprint density at radius 2 is 2.00 bits per heavy atom. The maximum atomic E-state index is 12.6. The lowest BCUT2D eigenvalue weighted by Crippen LogP contribution is -2.47. The van der Waals surface area contributed by atoms with Crippen molar-refractivity contribution < 1.29 is 4.79 Å². The van der Waals surface area contributed by atoms with E-state index in [0.29, 0.717) is 0 Å². The van der Waals surface area contributed by atoms with Crippen LogP contribution < -0.4 is 5.32 Å². The standard InChI is InChI=1S/C18H23N5O/c1-2-10-19-18(24)23-14-8-9-15(23)12-22-16(11-14)20-21-17(22)13-6-4-3-5-7-13/h3-7,14-15H,2,8-12H2,1H3,(H,19,24). The summed E-state index contributed by atoms with van der Waals surface area (Å²) in [5.41, 5.74) is 1.08. The number of nitrogens with one attached hydrogen (secondary N) is 1. The van der Waals surface area contributed by atoms with Crippen molar-refractivity contribution in [2.24, 2.45) is 0 Å². The monoisotopic (exact) mass is 325 g/mol. The summed E-state index contributed by atoms with van der Waals surface area (Å²) < 4.78 is 2.21. The van der Waals surface area contributed by atoms with Crippen LogP contribution in [0.25, 0.3) is 11.4 Å². The molecule has 1 aromatic carbocycles. The fourth-order valence-electron chi connectivity index (χ4n) is 3.90. The number of aromatic nitrogens is 3. The van der Waals surface area contributed by atoms with Crippen LogP contribution in [0.5, 0.6) is 0 Å². The van der Waals surface area contributed by atoms with Crippen LogP contribution in [0.3, 0.4) is 0 Å². The van der Waals surface area contributed by atoms with Gasteiger partial charge in [-0.05, 0) is 19.3 Å². The molecular formula is C18H23N5O. The van der Waals surface area contributed by atoms with Crippen molar-refractivity contribution in [2.75, 3.05) is 6.54 Å². The van der Waals surface area contributed by atoms with E-state index in [9.17, 15) is 4.79 Å². The lowest BCUT2D eigenvalue weighted by Gasteiger charge is -2.28. The molecule has 3 heterocycles. The molecule has 2 unspecified atom stereocenters. The molecule has 24 heavy (non-hydrogen) atoms. The van der Waals surface area contributed by atoms with E-state index in [4.69, 9.17) is 0 Å². The number of fused-ring (bicyclic) bond motifs is 3. The molecule has 2 amide bonds. The molecule has 0 radical (unpaired) electrons. The Hall–Kier alpha value is -2.37. The van der Waals surface area contributed by atoms with Gasteiger partial charge in [0.05, 0.1) is 6.04 Å². The first-order chi connectivity index (χ1) is 11.8. The Kier molecular flexibility index (Phi) is 3.96. The van der Waals surface area contributed by atoms with Crippen LogP contribution in [-0.2, 0) is 13.0 Å². The second-order valence-corrected chi connectivity index (χ2v) is 6.64. The van der Waals surface area contributed by atoms with Crippen molar-refractivity contribution in [3.63, 3.8) is 0 Å². The Labute approximate surface area is 141 Å². The predicted octanol–water partition coefficient (Wildman–Crippen LogP) is 2.45. The molecule has 126 valence electrons. The fourth-order valence-corrected chi connectivity index (χ4v) is 3.90. The second-order valence-electron chi connectivity index (χ2n) is 6.64. The van der Waals surface area contributed by atoms with Gasteiger partial charge in [-0.2, -0.15) is 0 Å². The number of hydrogen-bond donors (Lipinski definition) is 1. The van der Waals surface area contributed by atoms with Crippen LogP contribution in [0.15, 0.2) is 30.3 Å². The van der Waals surface area contributed by atoms with E-state index in [1.165, 1.54) is 0 Å². The number of carbonyl (C=O) groups excluding carboxylic acids is 1. The minimum absolute atomic E-state index is 0.0734. The summed E-state index contributed by atoms with van der Waals surface area (Å²) in [7, 11) is 0. The first kappa shape index (κ1) is 15.2. The molecule has 1 aromatic heterocycles. The number of nitrogens with zero attached hydrogens (tertiary/aromatic N) is 4. The largest absolute Gasteiger partial charge is 0.338 e. The maximum absolute atomic E-state index is 12.6. The number of urea groups is 1.